The lowest BCUT2D eigenvalue weighted by Gasteiger charge is -2.40. The van der Waals surface area contributed by atoms with E-state index in [-0.39, 0.29) is 12.1 Å². The van der Waals surface area contributed by atoms with E-state index in [0.717, 1.165) is 12.8 Å². The van der Waals surface area contributed by atoms with Crippen molar-refractivity contribution in [2.45, 2.75) is 38.8 Å². The molecule has 2 saturated heterocycles. The monoisotopic (exact) mass is 291 g/mol. The number of nitrogens with zero attached hydrogens (tertiary/aromatic N) is 2. The smallest absolute Gasteiger partial charge is 0.282 e. The van der Waals surface area contributed by atoms with Crippen molar-refractivity contribution in [3.8, 4) is 0 Å². The molecular weight excluding hydrogens is 266 g/mol. The van der Waals surface area contributed by atoms with Crippen LogP contribution in [0.1, 0.15) is 26.7 Å². The van der Waals surface area contributed by atoms with Crippen LogP contribution in [0.5, 0.6) is 0 Å². The van der Waals surface area contributed by atoms with Gasteiger partial charge in [-0.1, -0.05) is 6.92 Å². The first-order valence-corrected chi connectivity index (χ1v) is 8.43. The zero-order valence-corrected chi connectivity index (χ0v) is 12.6. The van der Waals surface area contributed by atoms with Crippen LogP contribution >= 0.6 is 0 Å². The molecule has 2 atom stereocenters. The summed E-state index contributed by atoms with van der Waals surface area (Å²) >= 11 is 0. The Labute approximate surface area is 116 Å². The van der Waals surface area contributed by atoms with Gasteiger partial charge in [-0.15, -0.1) is 0 Å². The third-order valence-electron chi connectivity index (χ3n) is 4.08. The average molecular weight is 291 g/mol. The summed E-state index contributed by atoms with van der Waals surface area (Å²) < 4.78 is 34.0. The third-order valence-corrected chi connectivity index (χ3v) is 6.20. The summed E-state index contributed by atoms with van der Waals surface area (Å²) in [5.41, 5.74) is 5.59. The third kappa shape index (κ3) is 3.28. The maximum absolute atomic E-state index is 12.7. The summed E-state index contributed by atoms with van der Waals surface area (Å²) in [5, 5.41) is 0. The zero-order valence-electron chi connectivity index (χ0n) is 11.8. The summed E-state index contributed by atoms with van der Waals surface area (Å²) in [5.74, 6) is 0.616. The Balaban J connectivity index is 2.09. The fraction of sp³-hybridized carbons (Fsp3) is 1.00. The number of morpholine rings is 1. The second kappa shape index (κ2) is 6.05. The molecule has 0 radical (unpaired) electrons. The van der Waals surface area contributed by atoms with Gasteiger partial charge in [0.25, 0.3) is 10.2 Å². The van der Waals surface area contributed by atoms with Crippen LogP contribution in [0.15, 0.2) is 0 Å². The SMILES string of the molecule is CC1CCN(S(=O)(=O)N2CC(CN)OCC2C)CC1. The van der Waals surface area contributed by atoms with Gasteiger partial charge in [-0.05, 0) is 25.7 Å². The van der Waals surface area contributed by atoms with Crippen molar-refractivity contribution in [3.63, 3.8) is 0 Å². The number of hydrogen-bond acceptors (Lipinski definition) is 4. The van der Waals surface area contributed by atoms with Gasteiger partial charge in [0.05, 0.1) is 12.7 Å². The van der Waals surface area contributed by atoms with E-state index in [1.54, 1.807) is 8.61 Å². The van der Waals surface area contributed by atoms with Crippen LogP contribution in [-0.2, 0) is 14.9 Å². The van der Waals surface area contributed by atoms with E-state index in [4.69, 9.17) is 10.5 Å². The molecule has 0 aromatic rings. The molecule has 0 bridgehead atoms. The predicted octanol–water partition coefficient (Wildman–Crippen LogP) is 0.0111. The summed E-state index contributed by atoms with van der Waals surface area (Å²) in [7, 11) is -3.37. The Bertz CT molecular complexity index is 393. The molecule has 2 heterocycles. The number of ether oxygens (including phenoxy) is 1. The van der Waals surface area contributed by atoms with Crippen LogP contribution in [0.3, 0.4) is 0 Å². The molecule has 2 aliphatic heterocycles. The van der Waals surface area contributed by atoms with Crippen LogP contribution in [-0.4, -0.2) is 62.0 Å². The second-order valence-electron chi connectivity index (χ2n) is 5.70. The Kier molecular flexibility index (Phi) is 4.84. The maximum atomic E-state index is 12.7. The molecule has 7 heteroatoms. The van der Waals surface area contributed by atoms with E-state index in [2.05, 4.69) is 6.92 Å². The molecule has 0 amide bonds. The van der Waals surface area contributed by atoms with Gasteiger partial charge in [0.2, 0.25) is 0 Å². The second-order valence-corrected chi connectivity index (χ2v) is 7.58. The van der Waals surface area contributed by atoms with Gasteiger partial charge >= 0.3 is 0 Å². The molecule has 0 aromatic heterocycles. The van der Waals surface area contributed by atoms with Crippen molar-refractivity contribution in [3.05, 3.63) is 0 Å². The van der Waals surface area contributed by atoms with Crippen LogP contribution in [0.4, 0.5) is 0 Å². The molecule has 0 spiro atoms. The van der Waals surface area contributed by atoms with E-state index in [9.17, 15) is 8.42 Å². The van der Waals surface area contributed by atoms with E-state index < -0.39 is 10.2 Å². The number of rotatable bonds is 3. The van der Waals surface area contributed by atoms with Gasteiger partial charge in [0.1, 0.15) is 0 Å². The predicted molar refractivity (Wildman–Crippen MR) is 73.9 cm³/mol. The van der Waals surface area contributed by atoms with Crippen molar-refractivity contribution in [2.75, 3.05) is 32.8 Å². The van der Waals surface area contributed by atoms with Gasteiger partial charge in [0.15, 0.2) is 0 Å². The molecule has 19 heavy (non-hydrogen) atoms. The summed E-state index contributed by atoms with van der Waals surface area (Å²) in [6, 6.07) is -0.118. The molecule has 0 saturated carbocycles. The van der Waals surface area contributed by atoms with Crippen LogP contribution in [0, 0.1) is 5.92 Å². The van der Waals surface area contributed by atoms with Gasteiger partial charge < -0.3 is 10.5 Å². The summed E-state index contributed by atoms with van der Waals surface area (Å²) in [4.78, 5) is 0. The lowest BCUT2D eigenvalue weighted by atomic mass is 10.0. The van der Waals surface area contributed by atoms with Gasteiger partial charge in [-0.25, -0.2) is 0 Å². The minimum Gasteiger partial charge on any atom is -0.374 e. The highest BCUT2D eigenvalue weighted by atomic mass is 32.2. The number of piperidine rings is 1. The quantitative estimate of drug-likeness (QED) is 0.795. The van der Waals surface area contributed by atoms with Crippen molar-refractivity contribution < 1.29 is 13.2 Å². The summed E-state index contributed by atoms with van der Waals surface area (Å²) in [6.07, 6.45) is 1.70. The van der Waals surface area contributed by atoms with E-state index >= 15 is 0 Å². The highest BCUT2D eigenvalue weighted by Crippen LogP contribution is 2.24. The Morgan fingerprint density at radius 1 is 1.26 bits per heavy atom. The molecule has 0 aliphatic carbocycles. The Morgan fingerprint density at radius 2 is 1.89 bits per heavy atom. The topological polar surface area (TPSA) is 75.9 Å². The normalized spacial score (nSPS) is 32.6. The Morgan fingerprint density at radius 3 is 2.47 bits per heavy atom. The zero-order chi connectivity index (χ0) is 14.0. The highest BCUT2D eigenvalue weighted by molar-refractivity contribution is 7.86. The summed E-state index contributed by atoms with van der Waals surface area (Å²) in [6.45, 7) is 6.46. The molecule has 2 rings (SSSR count). The Hall–Kier alpha value is -0.210. The molecule has 2 unspecified atom stereocenters. The fourth-order valence-electron chi connectivity index (χ4n) is 2.62. The number of nitrogens with two attached hydrogens (primary N) is 1. The molecule has 112 valence electrons. The van der Waals surface area contributed by atoms with E-state index in [1.807, 2.05) is 6.92 Å². The van der Waals surface area contributed by atoms with Crippen LogP contribution in [0.25, 0.3) is 0 Å². The maximum Gasteiger partial charge on any atom is 0.282 e. The largest absolute Gasteiger partial charge is 0.374 e. The molecular formula is C12H25N3O3S. The van der Waals surface area contributed by atoms with Crippen LogP contribution in [0.2, 0.25) is 0 Å². The molecule has 2 fully saturated rings. The standard InChI is InChI=1S/C12H25N3O3S/c1-10-3-5-14(6-4-10)19(16,17)15-8-12(7-13)18-9-11(15)2/h10-12H,3-9,13H2,1-2H3. The highest BCUT2D eigenvalue weighted by Gasteiger charge is 2.38. The number of hydrogen-bond donors (Lipinski definition) is 1. The first kappa shape index (κ1) is 15.2. The van der Waals surface area contributed by atoms with E-state index in [1.165, 1.54) is 0 Å². The minimum atomic E-state index is -3.37. The lowest BCUT2D eigenvalue weighted by molar-refractivity contribution is -0.0242. The van der Waals surface area contributed by atoms with Crippen molar-refractivity contribution >= 4 is 10.2 Å². The van der Waals surface area contributed by atoms with Gasteiger partial charge in [-0.2, -0.15) is 17.0 Å². The first-order valence-electron chi connectivity index (χ1n) is 7.03. The molecule has 0 aromatic carbocycles. The molecule has 6 nitrogen and oxygen atoms in total. The van der Waals surface area contributed by atoms with Gasteiger partial charge in [-0.3, -0.25) is 0 Å². The van der Waals surface area contributed by atoms with Crippen LogP contribution < -0.4 is 5.73 Å². The fourth-order valence-corrected chi connectivity index (χ4v) is 4.46. The van der Waals surface area contributed by atoms with Crippen molar-refractivity contribution in [1.29, 1.82) is 0 Å². The van der Waals surface area contributed by atoms with E-state index in [0.29, 0.717) is 38.7 Å². The van der Waals surface area contributed by atoms with Crippen molar-refractivity contribution in [1.82, 2.24) is 8.61 Å². The van der Waals surface area contributed by atoms with Crippen molar-refractivity contribution in [2.24, 2.45) is 11.7 Å². The van der Waals surface area contributed by atoms with Gasteiger partial charge in [0, 0.05) is 32.2 Å². The molecule has 2 aliphatic rings. The first-order chi connectivity index (χ1) is 8.95. The lowest BCUT2D eigenvalue weighted by Crippen LogP contribution is -2.57. The molecule has 2 N–H and O–H groups in total. The minimum absolute atomic E-state index is 0.118. The average Bonchev–Trinajstić information content (AvgIpc) is 2.39.